The fraction of sp³-hybridized carbons (Fsp3) is 0.235. The highest BCUT2D eigenvalue weighted by atomic mass is 32.2. The highest BCUT2D eigenvalue weighted by Crippen LogP contribution is 2.21. The number of piperazine rings is 1. The first-order valence-electron chi connectivity index (χ1n) is 8.12. The largest absolute Gasteiger partial charge is 0.508 e. The SMILES string of the molecule is O=C(c1cccc(O)c1)N1CCN(S(=O)(=O)c2ccc([N+](=O)[O-])cc2)CC1. The molecule has 0 saturated carbocycles. The first-order chi connectivity index (χ1) is 12.8. The van der Waals surface area contributed by atoms with Crippen LogP contribution in [0.25, 0.3) is 0 Å². The second-order valence-electron chi connectivity index (χ2n) is 6.00. The number of nitrogens with zero attached hydrogens (tertiary/aromatic N) is 3. The molecule has 0 bridgehead atoms. The molecular weight excluding hydrogens is 374 g/mol. The highest BCUT2D eigenvalue weighted by molar-refractivity contribution is 7.89. The van der Waals surface area contributed by atoms with Gasteiger partial charge in [-0.2, -0.15) is 4.31 Å². The fourth-order valence-electron chi connectivity index (χ4n) is 2.84. The van der Waals surface area contributed by atoms with Gasteiger partial charge in [-0.1, -0.05) is 6.07 Å². The molecule has 1 heterocycles. The van der Waals surface area contributed by atoms with Crippen molar-refractivity contribution >= 4 is 21.6 Å². The zero-order chi connectivity index (χ0) is 19.6. The molecule has 1 N–H and O–H groups in total. The Morgan fingerprint density at radius 1 is 1.04 bits per heavy atom. The van der Waals surface area contributed by atoms with E-state index in [4.69, 9.17) is 0 Å². The van der Waals surface area contributed by atoms with Gasteiger partial charge in [0.2, 0.25) is 10.0 Å². The maximum atomic E-state index is 12.7. The number of nitro benzene ring substituents is 1. The van der Waals surface area contributed by atoms with Crippen molar-refractivity contribution < 1.29 is 23.2 Å². The minimum atomic E-state index is -3.79. The summed E-state index contributed by atoms with van der Waals surface area (Å²) in [5.41, 5.74) is 0.150. The second kappa shape index (κ2) is 7.33. The average Bonchev–Trinajstić information content (AvgIpc) is 2.67. The van der Waals surface area contributed by atoms with Crippen LogP contribution in [0.5, 0.6) is 5.75 Å². The van der Waals surface area contributed by atoms with Gasteiger partial charge in [0.15, 0.2) is 0 Å². The van der Waals surface area contributed by atoms with Gasteiger partial charge < -0.3 is 10.0 Å². The number of nitro groups is 1. The Labute approximate surface area is 155 Å². The van der Waals surface area contributed by atoms with Crippen molar-refractivity contribution in [3.63, 3.8) is 0 Å². The molecule has 0 spiro atoms. The van der Waals surface area contributed by atoms with Gasteiger partial charge in [-0.3, -0.25) is 14.9 Å². The molecule has 1 fully saturated rings. The van der Waals surface area contributed by atoms with Crippen LogP contribution in [0, 0.1) is 10.1 Å². The van der Waals surface area contributed by atoms with Crippen LogP contribution >= 0.6 is 0 Å². The number of amides is 1. The molecule has 2 aromatic rings. The number of rotatable bonds is 4. The number of non-ortho nitro benzene ring substituents is 1. The van der Waals surface area contributed by atoms with E-state index >= 15 is 0 Å². The monoisotopic (exact) mass is 391 g/mol. The smallest absolute Gasteiger partial charge is 0.269 e. The van der Waals surface area contributed by atoms with Gasteiger partial charge in [-0.05, 0) is 30.3 Å². The van der Waals surface area contributed by atoms with E-state index in [2.05, 4.69) is 0 Å². The quantitative estimate of drug-likeness (QED) is 0.622. The zero-order valence-electron chi connectivity index (χ0n) is 14.2. The third kappa shape index (κ3) is 3.91. The van der Waals surface area contributed by atoms with Crippen LogP contribution in [-0.4, -0.2) is 59.7 Å². The number of benzene rings is 2. The Morgan fingerprint density at radius 2 is 1.67 bits per heavy atom. The number of aromatic hydroxyl groups is 1. The van der Waals surface area contributed by atoms with Crippen molar-refractivity contribution in [1.82, 2.24) is 9.21 Å². The second-order valence-corrected chi connectivity index (χ2v) is 7.94. The Bertz CT molecular complexity index is 966. The van der Waals surface area contributed by atoms with Gasteiger partial charge in [-0.15, -0.1) is 0 Å². The summed E-state index contributed by atoms with van der Waals surface area (Å²) in [4.78, 5) is 24.1. The molecule has 1 aliphatic heterocycles. The molecule has 0 aliphatic carbocycles. The Morgan fingerprint density at radius 3 is 2.22 bits per heavy atom. The van der Waals surface area contributed by atoms with Gasteiger partial charge in [0, 0.05) is 43.9 Å². The third-order valence-corrected chi connectivity index (χ3v) is 6.22. The van der Waals surface area contributed by atoms with Crippen LogP contribution < -0.4 is 0 Å². The topological polar surface area (TPSA) is 121 Å². The van der Waals surface area contributed by atoms with Crippen molar-refractivity contribution in [1.29, 1.82) is 0 Å². The molecule has 0 unspecified atom stereocenters. The molecule has 3 rings (SSSR count). The number of carbonyl (C=O) groups is 1. The predicted octanol–water partition coefficient (Wildman–Crippen LogP) is 1.45. The van der Waals surface area contributed by atoms with Gasteiger partial charge >= 0.3 is 0 Å². The minimum absolute atomic E-state index is 0.0137. The maximum absolute atomic E-state index is 12.7. The summed E-state index contributed by atoms with van der Waals surface area (Å²) >= 11 is 0. The van der Waals surface area contributed by atoms with E-state index in [1.54, 1.807) is 12.1 Å². The summed E-state index contributed by atoms with van der Waals surface area (Å²) in [6.45, 7) is 0.648. The van der Waals surface area contributed by atoms with Crippen LogP contribution in [0.4, 0.5) is 5.69 Å². The number of hydrogen-bond acceptors (Lipinski definition) is 6. The minimum Gasteiger partial charge on any atom is -0.508 e. The van der Waals surface area contributed by atoms with Crippen molar-refractivity contribution in [3.8, 4) is 5.75 Å². The molecule has 2 aromatic carbocycles. The lowest BCUT2D eigenvalue weighted by Gasteiger charge is -2.34. The summed E-state index contributed by atoms with van der Waals surface area (Å²) in [6.07, 6.45) is 0. The van der Waals surface area contributed by atoms with Crippen LogP contribution in [0.15, 0.2) is 53.4 Å². The lowest BCUT2D eigenvalue weighted by molar-refractivity contribution is -0.384. The van der Waals surface area contributed by atoms with Crippen molar-refractivity contribution in [2.45, 2.75) is 4.90 Å². The molecule has 10 heteroatoms. The average molecular weight is 391 g/mol. The van der Waals surface area contributed by atoms with E-state index in [1.807, 2.05) is 0 Å². The van der Waals surface area contributed by atoms with Gasteiger partial charge in [-0.25, -0.2) is 8.42 Å². The summed E-state index contributed by atoms with van der Waals surface area (Å²) in [7, 11) is -3.79. The molecule has 1 amide bonds. The van der Waals surface area contributed by atoms with E-state index in [-0.39, 0.29) is 48.4 Å². The highest BCUT2D eigenvalue weighted by Gasteiger charge is 2.30. The van der Waals surface area contributed by atoms with Crippen molar-refractivity contribution in [2.75, 3.05) is 26.2 Å². The molecule has 1 saturated heterocycles. The maximum Gasteiger partial charge on any atom is 0.269 e. The van der Waals surface area contributed by atoms with E-state index in [0.29, 0.717) is 5.56 Å². The summed E-state index contributed by atoms with van der Waals surface area (Å²) in [5, 5.41) is 20.2. The zero-order valence-corrected chi connectivity index (χ0v) is 15.0. The number of phenolic OH excluding ortho intramolecular Hbond substituents is 1. The van der Waals surface area contributed by atoms with Crippen molar-refractivity contribution in [3.05, 3.63) is 64.2 Å². The number of carbonyl (C=O) groups excluding carboxylic acids is 1. The Hall–Kier alpha value is -2.98. The lowest BCUT2D eigenvalue weighted by Crippen LogP contribution is -2.50. The standard InChI is InChI=1S/C17H17N3O6S/c21-15-3-1-2-13(12-15)17(22)18-8-10-19(11-9-18)27(25,26)16-6-4-14(5-7-16)20(23)24/h1-7,12,21H,8-11H2. The Balaban J connectivity index is 1.69. The van der Waals surface area contributed by atoms with Gasteiger partial charge in [0.25, 0.3) is 11.6 Å². The molecule has 1 aliphatic rings. The number of hydrogen-bond donors (Lipinski definition) is 1. The molecule has 0 atom stereocenters. The van der Waals surface area contributed by atoms with Gasteiger partial charge in [0.1, 0.15) is 5.75 Å². The van der Waals surface area contributed by atoms with Gasteiger partial charge in [0.05, 0.1) is 9.82 Å². The van der Waals surface area contributed by atoms with Crippen LogP contribution in [0.1, 0.15) is 10.4 Å². The van der Waals surface area contributed by atoms with Crippen LogP contribution in [-0.2, 0) is 10.0 Å². The number of sulfonamides is 1. The molecule has 142 valence electrons. The fourth-order valence-corrected chi connectivity index (χ4v) is 4.26. The summed E-state index contributed by atoms with van der Waals surface area (Å²) < 4.78 is 26.6. The van der Waals surface area contributed by atoms with E-state index < -0.39 is 14.9 Å². The first-order valence-corrected chi connectivity index (χ1v) is 9.56. The third-order valence-electron chi connectivity index (χ3n) is 4.30. The van der Waals surface area contributed by atoms with Crippen molar-refractivity contribution in [2.24, 2.45) is 0 Å². The van der Waals surface area contributed by atoms with E-state index in [9.17, 15) is 28.4 Å². The normalized spacial score (nSPS) is 15.5. The Kier molecular flexibility index (Phi) is 5.10. The predicted molar refractivity (Wildman–Crippen MR) is 95.9 cm³/mol. The van der Waals surface area contributed by atoms with E-state index in [0.717, 1.165) is 12.1 Å². The molecule has 0 aromatic heterocycles. The molecule has 0 radical (unpaired) electrons. The summed E-state index contributed by atoms with van der Waals surface area (Å²) in [5.74, 6) is -0.293. The molecule has 27 heavy (non-hydrogen) atoms. The lowest BCUT2D eigenvalue weighted by atomic mass is 10.2. The molecule has 9 nitrogen and oxygen atoms in total. The van der Waals surface area contributed by atoms with Crippen LogP contribution in [0.3, 0.4) is 0 Å². The number of phenols is 1. The molecular formula is C17H17N3O6S. The summed E-state index contributed by atoms with van der Waals surface area (Å²) in [6, 6.07) is 10.7. The van der Waals surface area contributed by atoms with E-state index in [1.165, 1.54) is 33.5 Å². The van der Waals surface area contributed by atoms with Crippen LogP contribution in [0.2, 0.25) is 0 Å². The first kappa shape index (κ1) is 18.8.